The smallest absolute Gasteiger partial charge is 0.434 e. The van der Waals surface area contributed by atoms with Crippen LogP contribution in [-0.4, -0.2) is 37.0 Å². The van der Waals surface area contributed by atoms with Gasteiger partial charge in [0.15, 0.2) is 0 Å². The molecule has 14 heteroatoms. The third-order valence-corrected chi connectivity index (χ3v) is 6.28. The Bertz CT molecular complexity index is 1870. The van der Waals surface area contributed by atoms with E-state index in [0.717, 1.165) is 24.3 Å². The summed E-state index contributed by atoms with van der Waals surface area (Å²) in [6, 6.07) is 9.16. The monoisotopic (exact) mass is 560 g/mol. The number of carboxylic acids is 1. The molecule has 2 heterocycles. The third-order valence-electron chi connectivity index (χ3n) is 5.96. The lowest BCUT2D eigenvalue weighted by Crippen LogP contribution is -2.20. The van der Waals surface area contributed by atoms with Gasteiger partial charge in [0.05, 0.1) is 27.2 Å². The topological polar surface area (TPSA) is 131 Å². The lowest BCUT2D eigenvalue weighted by atomic mass is 10.00. The highest BCUT2D eigenvalue weighted by molar-refractivity contribution is 6.34. The van der Waals surface area contributed by atoms with E-state index in [9.17, 15) is 32.7 Å². The summed E-state index contributed by atoms with van der Waals surface area (Å²) in [5, 5.41) is 18.8. The van der Waals surface area contributed by atoms with E-state index in [0.29, 0.717) is 10.7 Å². The first-order valence-corrected chi connectivity index (χ1v) is 11.3. The fourth-order valence-electron chi connectivity index (χ4n) is 4.14. The Kier molecular flexibility index (Phi) is 6.10. The molecular formula is C25H13ClF4N4O5. The van der Waals surface area contributed by atoms with Crippen LogP contribution in [-0.2, 0) is 6.18 Å². The largest absolute Gasteiger partial charge is 0.478 e. The number of rotatable bonds is 4. The van der Waals surface area contributed by atoms with Gasteiger partial charge in [0.1, 0.15) is 11.5 Å². The molecule has 198 valence electrons. The average molecular weight is 561 g/mol. The second-order valence-electron chi connectivity index (χ2n) is 8.28. The van der Waals surface area contributed by atoms with Gasteiger partial charge < -0.3 is 9.52 Å². The number of hydrogen-bond donors (Lipinski definition) is 2. The Morgan fingerprint density at radius 3 is 2.51 bits per heavy atom. The highest BCUT2D eigenvalue weighted by Gasteiger charge is 2.37. The van der Waals surface area contributed by atoms with Gasteiger partial charge in [-0.15, -0.1) is 5.10 Å². The molecular weight excluding hydrogens is 548 g/mol. The minimum absolute atomic E-state index is 0.0921. The van der Waals surface area contributed by atoms with Crippen molar-refractivity contribution >= 4 is 34.4 Å². The molecule has 0 amide bonds. The van der Waals surface area contributed by atoms with E-state index in [-0.39, 0.29) is 44.7 Å². The van der Waals surface area contributed by atoms with Crippen molar-refractivity contribution in [1.29, 1.82) is 0 Å². The molecule has 0 radical (unpaired) electrons. The molecule has 2 aromatic heterocycles. The van der Waals surface area contributed by atoms with Gasteiger partial charge in [-0.1, -0.05) is 17.7 Å². The zero-order valence-electron chi connectivity index (χ0n) is 19.4. The highest BCUT2D eigenvalue weighted by atomic mass is 35.5. The molecule has 0 aliphatic heterocycles. The maximum absolute atomic E-state index is 15.4. The van der Waals surface area contributed by atoms with Crippen molar-refractivity contribution in [3.05, 3.63) is 92.2 Å². The first-order chi connectivity index (χ1) is 18.4. The summed E-state index contributed by atoms with van der Waals surface area (Å²) in [5.74, 6) is -4.66. The fraction of sp³-hybridized carbons (Fsp3) is 0.0800. The Balaban J connectivity index is 1.81. The molecule has 3 aromatic carbocycles. The molecule has 0 spiro atoms. The second kappa shape index (κ2) is 9.20. The van der Waals surface area contributed by atoms with Crippen LogP contribution in [0.5, 0.6) is 0 Å². The predicted molar refractivity (Wildman–Crippen MR) is 129 cm³/mol. The summed E-state index contributed by atoms with van der Waals surface area (Å²) in [6.07, 6.45) is -4.94. The van der Waals surface area contributed by atoms with Crippen molar-refractivity contribution in [2.24, 2.45) is 0 Å². The van der Waals surface area contributed by atoms with Gasteiger partial charge >= 0.3 is 17.9 Å². The number of fused-ring (bicyclic) bond motifs is 1. The van der Waals surface area contributed by atoms with Crippen LogP contribution in [0, 0.1) is 12.7 Å². The summed E-state index contributed by atoms with van der Waals surface area (Å²) < 4.78 is 62.3. The molecule has 5 aromatic rings. The normalized spacial score (nSPS) is 11.7. The van der Waals surface area contributed by atoms with Crippen LogP contribution in [0.15, 0.2) is 57.7 Å². The number of aromatic nitrogens is 4. The average Bonchev–Trinajstić information content (AvgIpc) is 3.48. The number of aromatic carboxylic acids is 1. The number of carbonyl (C=O) groups is 2. The van der Waals surface area contributed by atoms with Gasteiger partial charge in [-0.3, -0.25) is 4.79 Å². The van der Waals surface area contributed by atoms with Crippen LogP contribution in [0.3, 0.4) is 0 Å². The number of carboxylic acid groups (broad SMARTS) is 1. The molecule has 2 N–H and O–H groups in total. The number of carbonyl (C=O) groups excluding carboxylic acids is 1. The van der Waals surface area contributed by atoms with Gasteiger partial charge in [-0.2, -0.15) is 23.0 Å². The van der Waals surface area contributed by atoms with Crippen molar-refractivity contribution in [3.63, 3.8) is 0 Å². The number of halogens is 5. The number of nitrogens with zero attached hydrogens (tertiary/aromatic N) is 3. The van der Waals surface area contributed by atoms with Gasteiger partial charge in [0, 0.05) is 16.5 Å². The minimum atomic E-state index is -4.94. The van der Waals surface area contributed by atoms with Crippen molar-refractivity contribution in [1.82, 2.24) is 20.0 Å². The molecule has 0 saturated carbocycles. The van der Waals surface area contributed by atoms with Crippen LogP contribution >= 0.6 is 11.6 Å². The molecule has 0 aliphatic rings. The molecule has 0 aliphatic carbocycles. The molecule has 0 atom stereocenters. The minimum Gasteiger partial charge on any atom is -0.478 e. The Labute approximate surface area is 219 Å². The lowest BCUT2D eigenvalue weighted by molar-refractivity contribution is -0.137. The Morgan fingerprint density at radius 1 is 1.13 bits per heavy atom. The summed E-state index contributed by atoms with van der Waals surface area (Å²) in [7, 11) is 0. The van der Waals surface area contributed by atoms with Crippen LogP contribution in [0.25, 0.3) is 33.6 Å². The SMILES string of the molecule is Cc1c(C(=O)O)ccc(-c2nn(C(=O)c3c(Cl)cccc3C(F)(F)F)c3cc(-c4n[nH]c(=O)o4)ccc23)c1F. The van der Waals surface area contributed by atoms with E-state index < -0.39 is 45.8 Å². The lowest BCUT2D eigenvalue weighted by Gasteiger charge is -2.13. The molecule has 5 rings (SSSR count). The van der Waals surface area contributed by atoms with E-state index in [1.54, 1.807) is 0 Å². The number of aromatic amines is 1. The quantitative estimate of drug-likeness (QED) is 0.275. The van der Waals surface area contributed by atoms with Crippen LogP contribution < -0.4 is 5.76 Å². The van der Waals surface area contributed by atoms with Crippen LogP contribution in [0.2, 0.25) is 5.02 Å². The van der Waals surface area contributed by atoms with E-state index in [1.807, 2.05) is 0 Å². The number of hydrogen-bond acceptors (Lipinski definition) is 6. The molecule has 9 nitrogen and oxygen atoms in total. The summed E-state index contributed by atoms with van der Waals surface area (Å²) in [4.78, 5) is 36.4. The maximum atomic E-state index is 15.4. The summed E-state index contributed by atoms with van der Waals surface area (Å²) >= 11 is 6.04. The molecule has 0 unspecified atom stereocenters. The first-order valence-electron chi connectivity index (χ1n) is 10.9. The van der Waals surface area contributed by atoms with Crippen molar-refractivity contribution in [2.75, 3.05) is 0 Å². The first kappa shape index (κ1) is 25.9. The van der Waals surface area contributed by atoms with Crippen molar-refractivity contribution < 1.29 is 36.7 Å². The standard InChI is InChI=1S/C25H13ClF4N4O5/c1-10-12(23(36)37)7-8-14(19(10)27)20-13-6-5-11(21-31-32-24(38)39-21)9-17(13)34(33-20)22(35)18-15(25(28,29)30)3-2-4-16(18)26/h2-9H,1H3,(H,32,38)(H,36,37). The van der Waals surface area contributed by atoms with Gasteiger partial charge in [-0.25, -0.2) is 19.1 Å². The van der Waals surface area contributed by atoms with E-state index in [1.165, 1.54) is 25.1 Å². The number of benzene rings is 3. The third kappa shape index (κ3) is 4.36. The van der Waals surface area contributed by atoms with E-state index >= 15 is 4.39 Å². The number of nitrogens with one attached hydrogen (secondary N) is 1. The van der Waals surface area contributed by atoms with Gasteiger partial charge in [-0.05, 0) is 55.0 Å². The summed E-state index contributed by atoms with van der Waals surface area (Å²) in [5.41, 5.74) is -3.04. The molecule has 0 bridgehead atoms. The predicted octanol–water partition coefficient (Wildman–Crippen LogP) is 5.55. The highest BCUT2D eigenvalue weighted by Crippen LogP contribution is 2.38. The van der Waals surface area contributed by atoms with Crippen LogP contribution in [0.4, 0.5) is 17.6 Å². The molecule has 39 heavy (non-hydrogen) atoms. The summed E-state index contributed by atoms with van der Waals surface area (Å²) in [6.45, 7) is 1.24. The van der Waals surface area contributed by atoms with E-state index in [4.69, 9.17) is 16.0 Å². The Morgan fingerprint density at radius 2 is 1.87 bits per heavy atom. The van der Waals surface area contributed by atoms with Crippen molar-refractivity contribution in [3.8, 4) is 22.7 Å². The number of alkyl halides is 3. The molecule has 0 saturated heterocycles. The van der Waals surface area contributed by atoms with E-state index in [2.05, 4.69) is 15.3 Å². The zero-order chi connectivity index (χ0) is 28.2. The van der Waals surface area contributed by atoms with Crippen molar-refractivity contribution in [2.45, 2.75) is 13.1 Å². The van der Waals surface area contributed by atoms with Crippen LogP contribution in [0.1, 0.15) is 31.8 Å². The number of H-pyrrole nitrogens is 1. The fourth-order valence-corrected chi connectivity index (χ4v) is 4.39. The Hall–Kier alpha value is -4.78. The van der Waals surface area contributed by atoms with Gasteiger partial charge in [0.25, 0.3) is 5.91 Å². The zero-order valence-corrected chi connectivity index (χ0v) is 20.2. The molecule has 0 fully saturated rings. The second-order valence-corrected chi connectivity index (χ2v) is 8.69. The van der Waals surface area contributed by atoms with Gasteiger partial charge in [0.2, 0.25) is 5.89 Å². The maximum Gasteiger partial charge on any atom is 0.434 e.